The van der Waals surface area contributed by atoms with E-state index in [-0.39, 0.29) is 37.7 Å². The molecule has 1 fully saturated rings. The van der Waals surface area contributed by atoms with Crippen molar-refractivity contribution in [2.75, 3.05) is 20.0 Å². The first kappa shape index (κ1) is 13.5. The largest absolute Gasteiger partial charge is 0.307 e. The number of hydrogen-bond acceptors (Lipinski definition) is 3. The molecule has 0 spiro atoms. The Bertz CT molecular complexity index is 306. The van der Waals surface area contributed by atoms with Gasteiger partial charge in [0.25, 0.3) is 0 Å². The van der Waals surface area contributed by atoms with Crippen molar-refractivity contribution in [1.82, 2.24) is 14.7 Å². The molecule has 0 N–H and O–H groups in total. The van der Waals surface area contributed by atoms with Gasteiger partial charge >= 0.3 is 0 Å². The normalized spacial score (nSPS) is 16.1. The highest BCUT2D eigenvalue weighted by Crippen LogP contribution is 2.10. The average Bonchev–Trinajstić information content (AvgIpc) is 2.36. The van der Waals surface area contributed by atoms with E-state index in [9.17, 15) is 14.4 Å². The minimum atomic E-state index is -0.132. The predicted molar refractivity (Wildman–Crippen MR) is 61.4 cm³/mol. The Balaban J connectivity index is 2.79. The van der Waals surface area contributed by atoms with Crippen molar-refractivity contribution in [2.45, 2.75) is 33.6 Å². The lowest BCUT2D eigenvalue weighted by atomic mass is 10.3. The van der Waals surface area contributed by atoms with Gasteiger partial charge in [-0.05, 0) is 0 Å². The summed E-state index contributed by atoms with van der Waals surface area (Å²) in [7, 11) is 0. The summed E-state index contributed by atoms with van der Waals surface area (Å²) in [6.45, 7) is 5.80. The Kier molecular flexibility index (Phi) is 4.48. The molecule has 0 aliphatic carbocycles. The molecule has 1 saturated heterocycles. The van der Waals surface area contributed by atoms with Crippen LogP contribution in [0.3, 0.4) is 0 Å². The zero-order valence-electron chi connectivity index (χ0n) is 10.6. The van der Waals surface area contributed by atoms with Gasteiger partial charge in [-0.15, -0.1) is 0 Å². The number of nitrogens with zero attached hydrogens (tertiary/aromatic N) is 3. The van der Waals surface area contributed by atoms with Gasteiger partial charge < -0.3 is 14.7 Å². The van der Waals surface area contributed by atoms with E-state index in [0.717, 1.165) is 0 Å². The van der Waals surface area contributed by atoms with Crippen LogP contribution in [-0.2, 0) is 14.4 Å². The molecular weight excluding hydrogens is 222 g/mol. The molecule has 96 valence electrons. The van der Waals surface area contributed by atoms with Crippen molar-refractivity contribution in [2.24, 2.45) is 0 Å². The average molecular weight is 241 g/mol. The van der Waals surface area contributed by atoms with E-state index in [1.165, 1.54) is 21.6 Å². The van der Waals surface area contributed by atoms with Crippen LogP contribution >= 0.6 is 0 Å². The molecule has 1 heterocycles. The van der Waals surface area contributed by atoms with Gasteiger partial charge in [0.2, 0.25) is 17.7 Å². The van der Waals surface area contributed by atoms with Crippen LogP contribution in [0.1, 0.15) is 33.6 Å². The number of hydrogen-bond donors (Lipinski definition) is 0. The number of rotatable bonds is 2. The summed E-state index contributed by atoms with van der Waals surface area (Å²) >= 11 is 0. The lowest BCUT2D eigenvalue weighted by molar-refractivity contribution is -0.157. The highest BCUT2D eigenvalue weighted by molar-refractivity contribution is 5.81. The topological polar surface area (TPSA) is 60.9 Å². The van der Waals surface area contributed by atoms with Crippen molar-refractivity contribution >= 4 is 17.7 Å². The molecule has 0 aromatic heterocycles. The van der Waals surface area contributed by atoms with Crippen molar-refractivity contribution < 1.29 is 14.4 Å². The lowest BCUT2D eigenvalue weighted by Crippen LogP contribution is -2.58. The predicted octanol–water partition coefficient (Wildman–Crippen LogP) is 0.198. The zero-order valence-corrected chi connectivity index (χ0v) is 10.6. The molecule has 1 aliphatic rings. The second-order valence-corrected chi connectivity index (χ2v) is 4.06. The molecule has 0 unspecified atom stereocenters. The van der Waals surface area contributed by atoms with Crippen molar-refractivity contribution in [1.29, 1.82) is 0 Å². The first-order valence-corrected chi connectivity index (χ1v) is 5.80. The quantitative estimate of drug-likeness (QED) is 0.693. The summed E-state index contributed by atoms with van der Waals surface area (Å²) in [5.74, 6) is -0.234. The molecule has 0 radical (unpaired) electrons. The SMILES string of the molecule is CCC(=O)N1CN(C(C)=O)CN(C(=O)CC)C1. The molecule has 0 aromatic rings. The fraction of sp³-hybridized carbons (Fsp3) is 0.727. The van der Waals surface area contributed by atoms with Gasteiger partial charge in [0.15, 0.2) is 0 Å². The summed E-state index contributed by atoms with van der Waals surface area (Å²) in [6, 6.07) is 0. The van der Waals surface area contributed by atoms with Crippen LogP contribution < -0.4 is 0 Å². The summed E-state index contributed by atoms with van der Waals surface area (Å²) < 4.78 is 0. The maximum Gasteiger partial charge on any atom is 0.225 e. The van der Waals surface area contributed by atoms with E-state index in [4.69, 9.17) is 0 Å². The molecule has 6 nitrogen and oxygen atoms in total. The zero-order chi connectivity index (χ0) is 13.0. The molecule has 6 heteroatoms. The third-order valence-electron chi connectivity index (χ3n) is 2.78. The van der Waals surface area contributed by atoms with Crippen LogP contribution in [0.15, 0.2) is 0 Å². The summed E-state index contributed by atoms with van der Waals surface area (Å²) in [4.78, 5) is 39.2. The fourth-order valence-electron chi connectivity index (χ4n) is 1.71. The third-order valence-corrected chi connectivity index (χ3v) is 2.78. The fourth-order valence-corrected chi connectivity index (χ4v) is 1.71. The van der Waals surface area contributed by atoms with Gasteiger partial charge in [-0.1, -0.05) is 13.8 Å². The molecule has 0 saturated carbocycles. The Labute approximate surface area is 101 Å². The molecular formula is C11H19N3O3. The van der Waals surface area contributed by atoms with Gasteiger partial charge in [0.05, 0.1) is 20.0 Å². The Morgan fingerprint density at radius 2 is 1.18 bits per heavy atom. The summed E-state index contributed by atoms with van der Waals surface area (Å²) in [5, 5.41) is 0. The first-order chi connectivity index (χ1) is 7.99. The Morgan fingerprint density at radius 1 is 0.824 bits per heavy atom. The lowest BCUT2D eigenvalue weighted by Gasteiger charge is -2.41. The third kappa shape index (κ3) is 3.18. The van der Waals surface area contributed by atoms with Crippen molar-refractivity contribution in [3.05, 3.63) is 0 Å². The second-order valence-electron chi connectivity index (χ2n) is 4.06. The molecule has 1 aliphatic heterocycles. The standard InChI is InChI=1S/C11H19N3O3/c1-4-10(16)13-6-12(9(3)15)7-14(8-13)11(17)5-2/h4-8H2,1-3H3. The Morgan fingerprint density at radius 3 is 1.47 bits per heavy atom. The smallest absolute Gasteiger partial charge is 0.225 e. The van der Waals surface area contributed by atoms with Crippen LogP contribution in [0.25, 0.3) is 0 Å². The van der Waals surface area contributed by atoms with Gasteiger partial charge in [-0.25, -0.2) is 0 Å². The maximum atomic E-state index is 11.6. The van der Waals surface area contributed by atoms with Gasteiger partial charge in [-0.3, -0.25) is 14.4 Å². The molecule has 17 heavy (non-hydrogen) atoms. The van der Waals surface area contributed by atoms with Crippen LogP contribution in [0.5, 0.6) is 0 Å². The molecule has 0 aromatic carbocycles. The summed E-state index contributed by atoms with van der Waals surface area (Å²) in [6.07, 6.45) is 0.750. The first-order valence-electron chi connectivity index (χ1n) is 5.80. The van der Waals surface area contributed by atoms with E-state index in [2.05, 4.69) is 0 Å². The summed E-state index contributed by atoms with van der Waals surface area (Å²) in [5.41, 5.74) is 0. The van der Waals surface area contributed by atoms with Crippen LogP contribution in [0, 0.1) is 0 Å². The van der Waals surface area contributed by atoms with E-state index >= 15 is 0 Å². The van der Waals surface area contributed by atoms with Crippen LogP contribution in [-0.4, -0.2) is 52.4 Å². The minimum absolute atomic E-state index is 0.0511. The monoisotopic (exact) mass is 241 g/mol. The maximum absolute atomic E-state index is 11.6. The van der Waals surface area contributed by atoms with E-state index < -0.39 is 0 Å². The number of carbonyl (C=O) groups excluding carboxylic acids is 3. The van der Waals surface area contributed by atoms with Crippen LogP contribution in [0.2, 0.25) is 0 Å². The van der Waals surface area contributed by atoms with Gasteiger partial charge in [0, 0.05) is 19.8 Å². The molecule has 1 rings (SSSR count). The second kappa shape index (κ2) is 5.65. The molecule has 3 amide bonds. The van der Waals surface area contributed by atoms with Gasteiger partial charge in [-0.2, -0.15) is 0 Å². The van der Waals surface area contributed by atoms with E-state index in [1.807, 2.05) is 0 Å². The van der Waals surface area contributed by atoms with E-state index in [0.29, 0.717) is 12.8 Å². The Hall–Kier alpha value is -1.59. The number of amides is 3. The number of carbonyl (C=O) groups is 3. The minimum Gasteiger partial charge on any atom is -0.307 e. The van der Waals surface area contributed by atoms with Crippen LogP contribution in [0.4, 0.5) is 0 Å². The van der Waals surface area contributed by atoms with Gasteiger partial charge in [0.1, 0.15) is 0 Å². The highest BCUT2D eigenvalue weighted by atomic mass is 16.2. The molecule has 0 bridgehead atoms. The van der Waals surface area contributed by atoms with Crippen molar-refractivity contribution in [3.63, 3.8) is 0 Å². The van der Waals surface area contributed by atoms with E-state index in [1.54, 1.807) is 13.8 Å². The molecule has 0 atom stereocenters. The van der Waals surface area contributed by atoms with Crippen molar-refractivity contribution in [3.8, 4) is 0 Å². The highest BCUT2D eigenvalue weighted by Gasteiger charge is 2.29.